The van der Waals surface area contributed by atoms with Crippen molar-refractivity contribution in [3.63, 3.8) is 0 Å². The van der Waals surface area contributed by atoms with E-state index in [9.17, 15) is 13.2 Å². The van der Waals surface area contributed by atoms with E-state index in [-0.39, 0.29) is 17.3 Å². The molecule has 0 radical (unpaired) electrons. The molecule has 0 saturated heterocycles. The number of guanidine groups is 1. The molecule has 0 spiro atoms. The molecule has 8 nitrogen and oxygen atoms in total. The molecular weight excluding hydrogens is 402 g/mol. The van der Waals surface area contributed by atoms with Crippen LogP contribution in [0.5, 0.6) is 0 Å². The molecule has 30 heavy (non-hydrogen) atoms. The maximum Gasteiger partial charge on any atom is 0.240 e. The summed E-state index contributed by atoms with van der Waals surface area (Å²) >= 11 is 0. The highest BCUT2D eigenvalue weighted by atomic mass is 32.2. The van der Waals surface area contributed by atoms with Crippen LogP contribution in [0.4, 0.5) is 0 Å². The molecule has 0 aliphatic heterocycles. The number of amides is 1. The van der Waals surface area contributed by atoms with Crippen LogP contribution in [0.15, 0.2) is 34.2 Å². The summed E-state index contributed by atoms with van der Waals surface area (Å²) in [6, 6.07) is 6.74. The molecule has 0 heterocycles. The van der Waals surface area contributed by atoms with Gasteiger partial charge < -0.3 is 15.5 Å². The monoisotopic (exact) mass is 437 g/mol. The molecule has 1 amide bonds. The normalized spacial score (nSPS) is 16.3. The Balaban J connectivity index is 1.93. The molecule has 0 unspecified atom stereocenters. The number of hydrogen-bond donors (Lipinski definition) is 3. The summed E-state index contributed by atoms with van der Waals surface area (Å²) in [7, 11) is 0.0312. The predicted molar refractivity (Wildman–Crippen MR) is 120 cm³/mol. The van der Waals surface area contributed by atoms with Crippen LogP contribution in [-0.2, 0) is 14.8 Å². The van der Waals surface area contributed by atoms with Crippen LogP contribution in [0.2, 0.25) is 0 Å². The van der Waals surface area contributed by atoms with Gasteiger partial charge in [0.1, 0.15) is 0 Å². The van der Waals surface area contributed by atoms with Crippen LogP contribution in [0.25, 0.3) is 0 Å². The highest BCUT2D eigenvalue weighted by Crippen LogP contribution is 2.39. The van der Waals surface area contributed by atoms with Gasteiger partial charge in [0.2, 0.25) is 15.9 Å². The van der Waals surface area contributed by atoms with Gasteiger partial charge in [0.15, 0.2) is 5.96 Å². The zero-order chi connectivity index (χ0) is 22.2. The Morgan fingerprint density at radius 2 is 1.73 bits per heavy atom. The summed E-state index contributed by atoms with van der Waals surface area (Å²) in [5, 5.41) is 6.31. The molecule has 1 aromatic rings. The first kappa shape index (κ1) is 24.1. The average molecular weight is 438 g/mol. The maximum absolute atomic E-state index is 12.7. The third-order valence-electron chi connectivity index (χ3n) is 5.35. The van der Waals surface area contributed by atoms with Crippen molar-refractivity contribution in [1.29, 1.82) is 0 Å². The number of aryl methyl sites for hydroxylation is 1. The molecule has 0 atom stereocenters. The molecule has 0 bridgehead atoms. The van der Waals surface area contributed by atoms with Crippen molar-refractivity contribution < 1.29 is 13.2 Å². The quantitative estimate of drug-likeness (QED) is 0.308. The van der Waals surface area contributed by atoms with Gasteiger partial charge >= 0.3 is 0 Å². The predicted octanol–water partition coefficient (Wildman–Crippen LogP) is 1.48. The fraction of sp³-hybridized carbons (Fsp3) is 0.619. The third kappa shape index (κ3) is 6.43. The lowest BCUT2D eigenvalue weighted by Gasteiger charge is -2.29. The minimum Gasteiger partial charge on any atom is -0.357 e. The maximum atomic E-state index is 12.7. The standard InChI is InChI=1S/C21H35N5O3S/c1-5-22-20(24-16-21(12-6-7-13-21)19(27)26(3)4)23-14-15-25-30(28,29)18-10-8-17(2)9-11-18/h8-11,25H,5-7,12-16H2,1-4H3,(H2,22,23,24). The summed E-state index contributed by atoms with van der Waals surface area (Å²) in [6.45, 7) is 5.59. The summed E-state index contributed by atoms with van der Waals surface area (Å²) in [5.74, 6) is 0.718. The number of nitrogens with zero attached hydrogens (tertiary/aromatic N) is 2. The number of carbonyl (C=O) groups is 1. The van der Waals surface area contributed by atoms with E-state index < -0.39 is 15.4 Å². The van der Waals surface area contributed by atoms with Gasteiger partial charge in [-0.2, -0.15) is 0 Å². The molecule has 1 saturated carbocycles. The van der Waals surface area contributed by atoms with Gasteiger partial charge in [-0.15, -0.1) is 0 Å². The van der Waals surface area contributed by atoms with Gasteiger partial charge in [-0.1, -0.05) is 30.5 Å². The second-order valence-electron chi connectivity index (χ2n) is 8.02. The second-order valence-corrected chi connectivity index (χ2v) is 9.79. The van der Waals surface area contributed by atoms with Crippen molar-refractivity contribution in [1.82, 2.24) is 20.3 Å². The van der Waals surface area contributed by atoms with Gasteiger partial charge in [-0.3, -0.25) is 9.79 Å². The minimum absolute atomic E-state index is 0.130. The van der Waals surface area contributed by atoms with E-state index in [1.807, 2.05) is 13.8 Å². The van der Waals surface area contributed by atoms with Crippen LogP contribution in [-0.4, -0.2) is 65.5 Å². The Bertz CT molecular complexity index is 829. The van der Waals surface area contributed by atoms with Crippen molar-refractivity contribution in [3.8, 4) is 0 Å². The Morgan fingerprint density at radius 3 is 2.30 bits per heavy atom. The fourth-order valence-electron chi connectivity index (χ4n) is 3.70. The van der Waals surface area contributed by atoms with Gasteiger partial charge in [-0.05, 0) is 38.8 Å². The molecular formula is C21H35N5O3S. The number of carbonyl (C=O) groups excluding carboxylic acids is 1. The van der Waals surface area contributed by atoms with Crippen LogP contribution in [0, 0.1) is 12.3 Å². The molecule has 9 heteroatoms. The van der Waals surface area contributed by atoms with E-state index in [2.05, 4.69) is 20.3 Å². The zero-order valence-electron chi connectivity index (χ0n) is 18.5. The largest absolute Gasteiger partial charge is 0.357 e. The van der Waals surface area contributed by atoms with Crippen LogP contribution in [0.3, 0.4) is 0 Å². The van der Waals surface area contributed by atoms with E-state index >= 15 is 0 Å². The lowest BCUT2D eigenvalue weighted by atomic mass is 9.85. The van der Waals surface area contributed by atoms with Crippen molar-refractivity contribution in [2.75, 3.05) is 40.3 Å². The summed E-state index contributed by atoms with van der Waals surface area (Å²) < 4.78 is 27.3. The Hall–Kier alpha value is -2.13. The fourth-order valence-corrected chi connectivity index (χ4v) is 4.74. The van der Waals surface area contributed by atoms with Crippen LogP contribution < -0.4 is 15.4 Å². The second kappa shape index (κ2) is 10.8. The number of hydrogen-bond acceptors (Lipinski definition) is 4. The number of sulfonamides is 1. The smallest absolute Gasteiger partial charge is 0.240 e. The molecule has 168 valence electrons. The number of nitrogens with one attached hydrogen (secondary N) is 3. The molecule has 1 aliphatic carbocycles. The summed E-state index contributed by atoms with van der Waals surface area (Å²) in [6.07, 6.45) is 3.78. The van der Waals surface area contributed by atoms with Crippen molar-refractivity contribution in [2.45, 2.75) is 44.4 Å². The summed E-state index contributed by atoms with van der Waals surface area (Å²) in [5.41, 5.74) is 0.577. The highest BCUT2D eigenvalue weighted by Gasteiger charge is 2.42. The lowest BCUT2D eigenvalue weighted by molar-refractivity contribution is -0.138. The van der Waals surface area contributed by atoms with Gasteiger partial charge in [0, 0.05) is 33.7 Å². The minimum atomic E-state index is -3.54. The molecule has 3 N–H and O–H groups in total. The topological polar surface area (TPSA) is 103 Å². The van der Waals surface area contributed by atoms with E-state index in [0.717, 1.165) is 31.2 Å². The number of aliphatic imine (C=N–C) groups is 1. The number of rotatable bonds is 9. The van der Waals surface area contributed by atoms with Gasteiger partial charge in [-0.25, -0.2) is 13.1 Å². The van der Waals surface area contributed by atoms with Gasteiger partial charge in [0.05, 0.1) is 16.9 Å². The van der Waals surface area contributed by atoms with Crippen molar-refractivity contribution >= 4 is 21.9 Å². The SMILES string of the molecule is CCNC(=NCC1(C(=O)N(C)C)CCCC1)NCCNS(=O)(=O)c1ccc(C)cc1. The van der Waals surface area contributed by atoms with Crippen molar-refractivity contribution in [3.05, 3.63) is 29.8 Å². The first-order chi connectivity index (χ1) is 14.2. The van der Waals surface area contributed by atoms with Crippen molar-refractivity contribution in [2.24, 2.45) is 10.4 Å². The van der Waals surface area contributed by atoms with E-state index in [1.54, 1.807) is 43.3 Å². The Morgan fingerprint density at radius 1 is 1.10 bits per heavy atom. The lowest BCUT2D eigenvalue weighted by Crippen LogP contribution is -2.44. The zero-order valence-corrected chi connectivity index (χ0v) is 19.3. The third-order valence-corrected chi connectivity index (χ3v) is 6.82. The van der Waals surface area contributed by atoms with Crippen LogP contribution >= 0.6 is 0 Å². The first-order valence-electron chi connectivity index (χ1n) is 10.5. The Kier molecular flexibility index (Phi) is 8.66. The van der Waals surface area contributed by atoms with Gasteiger partial charge in [0.25, 0.3) is 0 Å². The summed E-state index contributed by atoms with van der Waals surface area (Å²) in [4.78, 5) is 19.2. The molecule has 1 fully saturated rings. The average Bonchev–Trinajstić information content (AvgIpc) is 3.19. The molecule has 2 rings (SSSR count). The first-order valence-corrected chi connectivity index (χ1v) is 12.0. The van der Waals surface area contributed by atoms with E-state index in [4.69, 9.17) is 0 Å². The van der Waals surface area contributed by atoms with E-state index in [0.29, 0.717) is 25.6 Å². The molecule has 0 aromatic heterocycles. The highest BCUT2D eigenvalue weighted by molar-refractivity contribution is 7.89. The van der Waals surface area contributed by atoms with E-state index in [1.165, 1.54) is 0 Å². The molecule has 1 aliphatic rings. The number of benzene rings is 1. The molecule has 1 aromatic carbocycles. The Labute approximate surface area is 180 Å². The van der Waals surface area contributed by atoms with Crippen LogP contribution in [0.1, 0.15) is 38.2 Å².